The maximum absolute atomic E-state index is 12.7. The molecule has 0 amide bonds. The van der Waals surface area contributed by atoms with Crippen LogP contribution in [0.5, 0.6) is 0 Å². The Morgan fingerprint density at radius 3 is 1.25 bits per heavy atom. The lowest BCUT2D eigenvalue weighted by Crippen LogP contribution is -2.29. The van der Waals surface area contributed by atoms with Gasteiger partial charge in [-0.05, 0) is 96.1 Å². The number of nitrogens with zero attached hydrogens (tertiary/aromatic N) is 1. The quantitative estimate of drug-likeness (QED) is 0.0490. The molecule has 1 rings (SSSR count). The van der Waals surface area contributed by atoms with Gasteiger partial charge in [-0.25, -0.2) is 0 Å². The molecule has 0 bridgehead atoms. The molecular weight excluding hydrogens is 683 g/mol. The summed E-state index contributed by atoms with van der Waals surface area (Å²) in [7, 11) is 0. The van der Waals surface area contributed by atoms with Crippen LogP contribution in [0.2, 0.25) is 0 Å². The lowest BCUT2D eigenvalue weighted by Gasteiger charge is -2.21. The van der Waals surface area contributed by atoms with Gasteiger partial charge in [0.15, 0.2) is 0 Å². The van der Waals surface area contributed by atoms with Crippen molar-refractivity contribution in [2.24, 2.45) is 5.92 Å². The highest BCUT2D eigenvalue weighted by atomic mass is 16.5. The topological polar surface area (TPSA) is 76.1 Å². The maximum Gasteiger partial charge on any atom is 0.306 e. The highest BCUT2D eigenvalue weighted by Gasteiger charge is 2.33. The predicted molar refractivity (Wildman–Crippen MR) is 235 cm³/mol. The number of unbranched alkanes of at least 4 members (excludes halogenated alkanes) is 25. The van der Waals surface area contributed by atoms with E-state index in [1.807, 2.05) is 0 Å². The number of aliphatic hydroxyl groups excluding tert-OH is 1. The molecule has 6 nitrogen and oxygen atoms in total. The molecule has 326 valence electrons. The molecule has 0 aromatic heterocycles. The van der Waals surface area contributed by atoms with Crippen LogP contribution in [0.15, 0.2) is 0 Å². The van der Waals surface area contributed by atoms with Crippen LogP contribution in [0.3, 0.4) is 0 Å². The van der Waals surface area contributed by atoms with E-state index in [0.717, 1.165) is 90.3 Å². The summed E-state index contributed by atoms with van der Waals surface area (Å²) >= 11 is 0. The molecule has 0 aliphatic heterocycles. The van der Waals surface area contributed by atoms with Crippen molar-refractivity contribution < 1.29 is 24.2 Å². The molecule has 0 aromatic rings. The van der Waals surface area contributed by atoms with E-state index in [1.54, 1.807) is 0 Å². The van der Waals surface area contributed by atoms with E-state index in [-0.39, 0.29) is 30.8 Å². The second-order valence-electron chi connectivity index (χ2n) is 17.5. The van der Waals surface area contributed by atoms with Gasteiger partial charge in [-0.15, -0.1) is 0 Å². The third kappa shape index (κ3) is 34.6. The highest BCUT2D eigenvalue weighted by molar-refractivity contribution is 5.69. The molecule has 0 saturated heterocycles. The summed E-state index contributed by atoms with van der Waals surface area (Å²) in [5.74, 6) is 0.669. The van der Waals surface area contributed by atoms with Crippen LogP contribution >= 0.6 is 0 Å². The summed E-state index contributed by atoms with van der Waals surface area (Å²) in [6, 6.07) is 0. The molecule has 1 saturated carbocycles. The fourth-order valence-electron chi connectivity index (χ4n) is 8.12. The van der Waals surface area contributed by atoms with Crippen LogP contribution in [0.1, 0.15) is 258 Å². The SMILES string of the molecule is CCCCCCCCCCC(OC(=O)CCCCCCCN(CCO)CCCCCCCC(=O)OC(CCCCCCCC)CCCCCCCC)C1CC1. The largest absolute Gasteiger partial charge is 0.462 e. The number of rotatable bonds is 44. The number of carbonyl (C=O) groups is 2. The molecular formula is C49H95NO5. The van der Waals surface area contributed by atoms with Gasteiger partial charge in [0.1, 0.15) is 12.2 Å². The van der Waals surface area contributed by atoms with Crippen molar-refractivity contribution in [1.29, 1.82) is 0 Å². The Hall–Kier alpha value is -1.14. The molecule has 1 N–H and O–H groups in total. The Kier molecular flexibility index (Phi) is 37.4. The average Bonchev–Trinajstić information content (AvgIpc) is 4.03. The van der Waals surface area contributed by atoms with Gasteiger partial charge in [-0.1, -0.05) is 168 Å². The van der Waals surface area contributed by atoms with Gasteiger partial charge in [0.05, 0.1) is 6.61 Å². The van der Waals surface area contributed by atoms with Crippen LogP contribution in [0.25, 0.3) is 0 Å². The van der Waals surface area contributed by atoms with Gasteiger partial charge in [0, 0.05) is 19.4 Å². The Morgan fingerprint density at radius 2 is 0.836 bits per heavy atom. The van der Waals surface area contributed by atoms with Crippen molar-refractivity contribution in [3.8, 4) is 0 Å². The fourth-order valence-corrected chi connectivity index (χ4v) is 8.12. The van der Waals surface area contributed by atoms with Crippen molar-refractivity contribution in [1.82, 2.24) is 4.90 Å². The van der Waals surface area contributed by atoms with Crippen molar-refractivity contribution >= 4 is 11.9 Å². The van der Waals surface area contributed by atoms with Crippen molar-refractivity contribution in [2.75, 3.05) is 26.2 Å². The van der Waals surface area contributed by atoms with E-state index in [0.29, 0.717) is 18.8 Å². The average molecular weight is 778 g/mol. The van der Waals surface area contributed by atoms with Crippen LogP contribution in [0, 0.1) is 5.92 Å². The second-order valence-corrected chi connectivity index (χ2v) is 17.5. The van der Waals surface area contributed by atoms with Crippen LogP contribution in [0.4, 0.5) is 0 Å². The number of carbonyl (C=O) groups excluding carboxylic acids is 2. The Morgan fingerprint density at radius 1 is 0.473 bits per heavy atom. The number of hydrogen-bond acceptors (Lipinski definition) is 6. The predicted octanol–water partition coefficient (Wildman–Crippen LogP) is 14.2. The van der Waals surface area contributed by atoms with E-state index < -0.39 is 0 Å². The number of aliphatic hydroxyl groups is 1. The lowest BCUT2D eigenvalue weighted by atomic mass is 10.0. The van der Waals surface area contributed by atoms with Crippen LogP contribution in [-0.2, 0) is 19.1 Å². The summed E-state index contributed by atoms with van der Waals surface area (Å²) in [4.78, 5) is 27.7. The molecule has 55 heavy (non-hydrogen) atoms. The Balaban J connectivity index is 2.11. The lowest BCUT2D eigenvalue weighted by molar-refractivity contribution is -0.151. The van der Waals surface area contributed by atoms with Gasteiger partial charge in [-0.2, -0.15) is 0 Å². The van der Waals surface area contributed by atoms with Gasteiger partial charge >= 0.3 is 11.9 Å². The van der Waals surface area contributed by atoms with Gasteiger partial charge in [-0.3, -0.25) is 9.59 Å². The molecule has 1 atom stereocenters. The van der Waals surface area contributed by atoms with Crippen molar-refractivity contribution in [3.05, 3.63) is 0 Å². The summed E-state index contributed by atoms with van der Waals surface area (Å²) in [5.41, 5.74) is 0. The molecule has 1 fully saturated rings. The molecule has 0 radical (unpaired) electrons. The zero-order valence-corrected chi connectivity index (χ0v) is 37.3. The zero-order valence-electron chi connectivity index (χ0n) is 37.3. The molecule has 1 aliphatic rings. The van der Waals surface area contributed by atoms with Crippen molar-refractivity contribution in [2.45, 2.75) is 271 Å². The smallest absolute Gasteiger partial charge is 0.306 e. The number of ether oxygens (including phenoxy) is 2. The first-order valence-electron chi connectivity index (χ1n) is 24.8. The minimum atomic E-state index is 0.0163. The summed E-state index contributed by atoms with van der Waals surface area (Å²) in [5, 5.41) is 9.61. The normalized spacial score (nSPS) is 13.6. The van der Waals surface area contributed by atoms with Gasteiger partial charge < -0.3 is 19.5 Å². The molecule has 1 unspecified atom stereocenters. The molecule has 0 heterocycles. The third-order valence-corrected chi connectivity index (χ3v) is 12.0. The highest BCUT2D eigenvalue weighted by Crippen LogP contribution is 2.37. The molecule has 6 heteroatoms. The van der Waals surface area contributed by atoms with Crippen LogP contribution < -0.4 is 0 Å². The molecule has 0 spiro atoms. The summed E-state index contributed by atoms with van der Waals surface area (Å²) in [6.07, 6.45) is 44.0. The standard InChI is InChI=1S/C49H95NO5/c1-4-7-10-13-16-17-22-29-36-47(45-39-40-45)55-49(53)38-31-24-19-26-33-42-50(43-44-51)41-32-25-18-23-30-37-48(52)54-46(34-27-20-14-11-8-5-2)35-28-21-15-12-9-6-3/h45-47,51H,4-44H2,1-3H3. The first kappa shape index (κ1) is 51.9. The van der Waals surface area contributed by atoms with E-state index in [4.69, 9.17) is 9.47 Å². The molecule has 1 aliphatic carbocycles. The third-order valence-electron chi connectivity index (χ3n) is 12.0. The summed E-state index contributed by atoms with van der Waals surface area (Å²) in [6.45, 7) is 9.83. The minimum Gasteiger partial charge on any atom is -0.462 e. The molecule has 0 aromatic carbocycles. The van der Waals surface area contributed by atoms with Gasteiger partial charge in [0.2, 0.25) is 0 Å². The van der Waals surface area contributed by atoms with E-state index in [2.05, 4.69) is 25.7 Å². The monoisotopic (exact) mass is 778 g/mol. The van der Waals surface area contributed by atoms with Crippen molar-refractivity contribution in [3.63, 3.8) is 0 Å². The number of esters is 2. The Labute approximate surface area is 342 Å². The second kappa shape index (κ2) is 39.7. The zero-order chi connectivity index (χ0) is 39.9. The van der Waals surface area contributed by atoms with E-state index >= 15 is 0 Å². The van der Waals surface area contributed by atoms with Gasteiger partial charge in [0.25, 0.3) is 0 Å². The van der Waals surface area contributed by atoms with E-state index in [1.165, 1.54) is 154 Å². The maximum atomic E-state index is 12.7. The number of hydrogen-bond donors (Lipinski definition) is 1. The first-order chi connectivity index (χ1) is 27.0. The first-order valence-corrected chi connectivity index (χ1v) is 24.8. The summed E-state index contributed by atoms with van der Waals surface area (Å²) < 4.78 is 12.0. The van der Waals surface area contributed by atoms with Crippen LogP contribution in [-0.4, -0.2) is 60.4 Å². The minimum absolute atomic E-state index is 0.0163. The fraction of sp³-hybridized carbons (Fsp3) is 0.959. The Bertz CT molecular complexity index is 816. The van der Waals surface area contributed by atoms with E-state index in [9.17, 15) is 14.7 Å².